The number of pyridine rings is 1. The van der Waals surface area contributed by atoms with Gasteiger partial charge in [-0.05, 0) is 42.0 Å². The second-order valence-corrected chi connectivity index (χ2v) is 7.05. The number of amides is 1. The number of hydrazone groups is 1. The maximum atomic E-state index is 13.6. The van der Waals surface area contributed by atoms with E-state index in [-0.39, 0.29) is 17.0 Å². The highest BCUT2D eigenvalue weighted by Gasteiger charge is 2.37. The van der Waals surface area contributed by atoms with E-state index in [1.165, 1.54) is 24.3 Å². The molecule has 1 amide bonds. The minimum absolute atomic E-state index is 0.00195. The fourth-order valence-corrected chi connectivity index (χ4v) is 3.14. The fraction of sp³-hybridized carbons (Fsp3) is 0.136. The van der Waals surface area contributed by atoms with Crippen LogP contribution in [0.5, 0.6) is 0 Å². The van der Waals surface area contributed by atoms with Crippen LogP contribution >= 0.6 is 0 Å². The number of nitrogens with two attached hydrogens (primary N) is 2. The highest BCUT2D eigenvalue weighted by molar-refractivity contribution is 5.99. The summed E-state index contributed by atoms with van der Waals surface area (Å²) in [6.45, 7) is 0. The summed E-state index contributed by atoms with van der Waals surface area (Å²) in [6.07, 6.45) is -8.37. The normalized spacial score (nSPS) is 13.4. The summed E-state index contributed by atoms with van der Waals surface area (Å²) < 4.78 is 79.7. The van der Waals surface area contributed by atoms with Crippen molar-refractivity contribution in [2.75, 3.05) is 0 Å². The van der Waals surface area contributed by atoms with Crippen molar-refractivity contribution in [2.45, 2.75) is 18.4 Å². The Labute approximate surface area is 189 Å². The van der Waals surface area contributed by atoms with Crippen molar-refractivity contribution in [3.63, 3.8) is 0 Å². The Morgan fingerprint density at radius 3 is 2.00 bits per heavy atom. The van der Waals surface area contributed by atoms with E-state index in [0.29, 0.717) is 17.7 Å². The summed E-state index contributed by atoms with van der Waals surface area (Å²) >= 11 is 0. The molecule has 0 aliphatic heterocycles. The van der Waals surface area contributed by atoms with Gasteiger partial charge in [0.05, 0.1) is 22.9 Å². The third kappa shape index (κ3) is 5.45. The van der Waals surface area contributed by atoms with Gasteiger partial charge in [0.2, 0.25) is 0 Å². The molecule has 6 nitrogen and oxygen atoms in total. The molecule has 0 fully saturated rings. The standard InChI is InChI=1S/C22H17F6N5O/c23-21(24,25)15-9-7-12(8-10-15)17(18-16(22(26,27)28)2-1-11-31-18)32-20(34)14-5-3-13(4-6-14)19(29)33-30/h1-11,17H,30H2,(H2,29,33)(H,32,34). The van der Waals surface area contributed by atoms with Crippen LogP contribution < -0.4 is 16.9 Å². The van der Waals surface area contributed by atoms with E-state index in [0.717, 1.165) is 30.5 Å². The summed E-state index contributed by atoms with van der Waals surface area (Å²) in [7, 11) is 0. The lowest BCUT2D eigenvalue weighted by molar-refractivity contribution is -0.139. The first kappa shape index (κ1) is 24.6. The Kier molecular flexibility index (Phi) is 6.80. The number of benzene rings is 2. The average molecular weight is 481 g/mol. The van der Waals surface area contributed by atoms with Gasteiger partial charge in [-0.3, -0.25) is 9.78 Å². The molecule has 1 aromatic heterocycles. The molecule has 0 aliphatic carbocycles. The maximum absolute atomic E-state index is 13.6. The van der Waals surface area contributed by atoms with Crippen LogP contribution in [0.1, 0.15) is 44.3 Å². The van der Waals surface area contributed by atoms with Crippen molar-refractivity contribution < 1.29 is 31.1 Å². The molecule has 1 unspecified atom stereocenters. The van der Waals surface area contributed by atoms with E-state index in [2.05, 4.69) is 15.4 Å². The molecule has 5 N–H and O–H groups in total. The zero-order chi connectivity index (χ0) is 25.1. The fourth-order valence-electron chi connectivity index (χ4n) is 3.14. The second-order valence-electron chi connectivity index (χ2n) is 7.05. The molecule has 0 saturated carbocycles. The van der Waals surface area contributed by atoms with Gasteiger partial charge in [-0.25, -0.2) is 0 Å². The molecule has 0 bridgehead atoms. The van der Waals surface area contributed by atoms with Crippen LogP contribution in [0.25, 0.3) is 0 Å². The molecule has 1 heterocycles. The van der Waals surface area contributed by atoms with E-state index < -0.39 is 41.1 Å². The van der Waals surface area contributed by atoms with Crippen LogP contribution in [-0.4, -0.2) is 16.7 Å². The van der Waals surface area contributed by atoms with E-state index in [1.807, 2.05) is 0 Å². The number of alkyl halides is 6. The molecule has 0 spiro atoms. The zero-order valence-corrected chi connectivity index (χ0v) is 17.2. The SMILES string of the molecule is N/N=C(\N)c1ccc(C(=O)NC(c2ccc(C(F)(F)F)cc2)c2ncccc2C(F)(F)F)cc1. The van der Waals surface area contributed by atoms with Gasteiger partial charge in [0.15, 0.2) is 0 Å². The molecular weight excluding hydrogens is 464 g/mol. The first-order chi connectivity index (χ1) is 15.9. The predicted molar refractivity (Wildman–Crippen MR) is 111 cm³/mol. The largest absolute Gasteiger partial charge is 0.418 e. The van der Waals surface area contributed by atoms with Gasteiger partial charge in [0.25, 0.3) is 5.91 Å². The first-order valence-electron chi connectivity index (χ1n) is 9.55. The topological polar surface area (TPSA) is 106 Å². The summed E-state index contributed by atoms with van der Waals surface area (Å²) in [5.41, 5.74) is 3.31. The number of rotatable bonds is 5. The van der Waals surface area contributed by atoms with Crippen LogP contribution in [0.4, 0.5) is 26.3 Å². The number of hydrogen-bond donors (Lipinski definition) is 3. The van der Waals surface area contributed by atoms with E-state index in [4.69, 9.17) is 11.6 Å². The molecule has 0 radical (unpaired) electrons. The van der Waals surface area contributed by atoms with Crippen molar-refractivity contribution in [1.29, 1.82) is 0 Å². The van der Waals surface area contributed by atoms with Crippen LogP contribution in [0.3, 0.4) is 0 Å². The van der Waals surface area contributed by atoms with Crippen molar-refractivity contribution >= 4 is 11.7 Å². The molecule has 12 heteroatoms. The van der Waals surface area contributed by atoms with Crippen LogP contribution in [-0.2, 0) is 12.4 Å². The van der Waals surface area contributed by atoms with E-state index in [9.17, 15) is 31.1 Å². The maximum Gasteiger partial charge on any atom is 0.418 e. The van der Waals surface area contributed by atoms with Gasteiger partial charge in [0.1, 0.15) is 5.84 Å². The second kappa shape index (κ2) is 9.41. The summed E-state index contributed by atoms with van der Waals surface area (Å²) in [5.74, 6) is 4.30. The van der Waals surface area contributed by atoms with Crippen molar-refractivity contribution in [3.8, 4) is 0 Å². The number of carbonyl (C=O) groups is 1. The molecule has 3 aromatic rings. The Bertz CT molecular complexity index is 1190. The Hall–Kier alpha value is -4.09. The highest BCUT2D eigenvalue weighted by Crippen LogP contribution is 2.36. The van der Waals surface area contributed by atoms with Gasteiger partial charge in [-0.1, -0.05) is 24.3 Å². The summed E-state index contributed by atoms with van der Waals surface area (Å²) in [5, 5.41) is 5.75. The van der Waals surface area contributed by atoms with Gasteiger partial charge in [-0.15, -0.1) is 0 Å². The highest BCUT2D eigenvalue weighted by atomic mass is 19.4. The molecule has 0 aliphatic rings. The summed E-state index contributed by atoms with van der Waals surface area (Å²) in [6, 6.07) is 9.30. The quantitative estimate of drug-likeness (QED) is 0.167. The van der Waals surface area contributed by atoms with Crippen molar-refractivity contribution in [2.24, 2.45) is 16.7 Å². The Balaban J connectivity index is 2.03. The van der Waals surface area contributed by atoms with Gasteiger partial charge < -0.3 is 16.9 Å². The van der Waals surface area contributed by atoms with E-state index in [1.54, 1.807) is 0 Å². The number of amidine groups is 1. The first-order valence-corrected chi connectivity index (χ1v) is 9.55. The third-order valence-electron chi connectivity index (χ3n) is 4.85. The number of carbonyl (C=O) groups excluding carboxylic acids is 1. The molecule has 0 saturated heterocycles. The molecule has 34 heavy (non-hydrogen) atoms. The van der Waals surface area contributed by atoms with Crippen molar-refractivity contribution in [3.05, 3.63) is 100 Å². The monoisotopic (exact) mass is 481 g/mol. The van der Waals surface area contributed by atoms with Crippen molar-refractivity contribution in [1.82, 2.24) is 10.3 Å². The Morgan fingerprint density at radius 2 is 1.47 bits per heavy atom. The van der Waals surface area contributed by atoms with Crippen LogP contribution in [0.2, 0.25) is 0 Å². The number of nitrogens with zero attached hydrogens (tertiary/aromatic N) is 2. The van der Waals surface area contributed by atoms with Crippen LogP contribution in [0, 0.1) is 0 Å². The van der Waals surface area contributed by atoms with Crippen LogP contribution in [0.15, 0.2) is 72.0 Å². The average Bonchev–Trinajstić information content (AvgIpc) is 2.81. The molecule has 1 atom stereocenters. The lowest BCUT2D eigenvalue weighted by Crippen LogP contribution is -2.31. The summed E-state index contributed by atoms with van der Waals surface area (Å²) in [4.78, 5) is 16.6. The molecular formula is C22H17F6N5O. The zero-order valence-electron chi connectivity index (χ0n) is 17.2. The van der Waals surface area contributed by atoms with Gasteiger partial charge in [-0.2, -0.15) is 31.4 Å². The number of nitrogens with one attached hydrogen (secondary N) is 1. The number of aromatic nitrogens is 1. The van der Waals surface area contributed by atoms with E-state index >= 15 is 0 Å². The molecule has 178 valence electrons. The minimum atomic E-state index is -4.82. The lowest BCUT2D eigenvalue weighted by atomic mass is 9.97. The minimum Gasteiger partial charge on any atom is -0.382 e. The smallest absolute Gasteiger partial charge is 0.382 e. The number of halogens is 6. The molecule has 3 rings (SSSR count). The predicted octanol–water partition coefficient (Wildman–Crippen LogP) is 4.22. The third-order valence-corrected chi connectivity index (χ3v) is 4.85. The number of hydrogen-bond acceptors (Lipinski definition) is 4. The lowest BCUT2D eigenvalue weighted by Gasteiger charge is -2.23. The Morgan fingerprint density at radius 1 is 0.882 bits per heavy atom. The van der Waals surface area contributed by atoms with Gasteiger partial charge in [0, 0.05) is 17.3 Å². The van der Waals surface area contributed by atoms with Gasteiger partial charge >= 0.3 is 12.4 Å². The molecule has 2 aromatic carbocycles.